The van der Waals surface area contributed by atoms with Crippen molar-refractivity contribution in [1.82, 2.24) is 4.31 Å². The molecular weight excluding hydrogens is 338 g/mol. The first kappa shape index (κ1) is 17.9. The maximum absolute atomic E-state index is 12.6. The molecule has 1 fully saturated rings. The Kier molecular flexibility index (Phi) is 4.93. The summed E-state index contributed by atoms with van der Waals surface area (Å²) in [6, 6.07) is 4.50. The van der Waals surface area contributed by atoms with Gasteiger partial charge in [-0.05, 0) is 25.5 Å². The summed E-state index contributed by atoms with van der Waals surface area (Å²) in [5.41, 5.74) is 0.840. The van der Waals surface area contributed by atoms with Crippen LogP contribution in [0.25, 0.3) is 0 Å². The van der Waals surface area contributed by atoms with E-state index in [0.717, 1.165) is 5.56 Å². The molecule has 1 aromatic carbocycles. The first-order chi connectivity index (χ1) is 11.2. The van der Waals surface area contributed by atoms with Crippen LogP contribution in [0.15, 0.2) is 29.2 Å². The Hall–Kier alpha value is -2.42. The van der Waals surface area contributed by atoms with Crippen molar-refractivity contribution in [2.75, 3.05) is 6.61 Å². The predicted molar refractivity (Wildman–Crippen MR) is 81.4 cm³/mol. The summed E-state index contributed by atoms with van der Waals surface area (Å²) in [6.07, 6.45) is 0.242. The maximum Gasteiger partial charge on any atom is 0.341 e. The first-order valence-corrected chi connectivity index (χ1v) is 8.67. The fourth-order valence-electron chi connectivity index (χ4n) is 2.48. The van der Waals surface area contributed by atoms with Gasteiger partial charge in [0.15, 0.2) is 12.6 Å². The highest BCUT2D eigenvalue weighted by Gasteiger charge is 2.57. The Balaban J connectivity index is 2.32. The molecule has 0 spiro atoms. The normalized spacial score (nSPS) is 20.4. The highest BCUT2D eigenvalue weighted by atomic mass is 32.2. The lowest BCUT2D eigenvalue weighted by Gasteiger charge is -2.43. The van der Waals surface area contributed by atoms with Gasteiger partial charge >= 0.3 is 11.9 Å². The SMILES string of the molecule is CCC1C(=O)N(S(=O)(=O)c2ccc(C)cc2)C1C(=O)OCC(=O)O. The summed E-state index contributed by atoms with van der Waals surface area (Å²) in [6.45, 7) is 2.53. The number of β-lactam (4-membered cyclic amide) rings is 1. The van der Waals surface area contributed by atoms with Gasteiger partial charge in [-0.2, -0.15) is 0 Å². The van der Waals surface area contributed by atoms with E-state index in [0.29, 0.717) is 4.31 Å². The second-order valence-electron chi connectivity index (χ2n) is 5.41. The van der Waals surface area contributed by atoms with Crippen molar-refractivity contribution >= 4 is 27.9 Å². The Morgan fingerprint density at radius 3 is 2.33 bits per heavy atom. The van der Waals surface area contributed by atoms with Crippen LogP contribution in [0.5, 0.6) is 0 Å². The minimum atomic E-state index is -4.21. The summed E-state index contributed by atoms with van der Waals surface area (Å²) in [7, 11) is -4.21. The molecule has 2 atom stereocenters. The molecule has 2 rings (SSSR count). The van der Waals surface area contributed by atoms with Crippen molar-refractivity contribution in [1.29, 1.82) is 0 Å². The van der Waals surface area contributed by atoms with Crippen LogP contribution in [0.4, 0.5) is 0 Å². The van der Waals surface area contributed by atoms with E-state index in [4.69, 9.17) is 5.11 Å². The van der Waals surface area contributed by atoms with E-state index in [1.54, 1.807) is 26.0 Å². The lowest BCUT2D eigenvalue weighted by atomic mass is 9.88. The zero-order chi connectivity index (χ0) is 18.1. The molecule has 0 radical (unpaired) electrons. The summed E-state index contributed by atoms with van der Waals surface area (Å²) >= 11 is 0. The standard InChI is InChI=1S/C15H17NO7S/c1-3-11-13(15(20)23-8-12(17)18)16(14(11)19)24(21,22)10-6-4-9(2)5-7-10/h4-7,11,13H,3,8H2,1-2H3,(H,17,18). The number of ether oxygens (including phenoxy) is 1. The van der Waals surface area contributed by atoms with Gasteiger partial charge in [0, 0.05) is 0 Å². The zero-order valence-corrected chi connectivity index (χ0v) is 13.9. The van der Waals surface area contributed by atoms with Gasteiger partial charge in [0.2, 0.25) is 5.91 Å². The molecule has 1 aliphatic rings. The van der Waals surface area contributed by atoms with Crippen LogP contribution in [0, 0.1) is 12.8 Å². The number of rotatable bonds is 6. The quantitative estimate of drug-likeness (QED) is 0.585. The fourth-order valence-corrected chi connectivity index (χ4v) is 4.10. The van der Waals surface area contributed by atoms with E-state index < -0.39 is 46.4 Å². The molecule has 1 N–H and O–H groups in total. The van der Waals surface area contributed by atoms with E-state index in [1.807, 2.05) is 0 Å². The molecule has 1 aliphatic heterocycles. The summed E-state index contributed by atoms with van der Waals surface area (Å²) in [5, 5.41) is 8.56. The average molecular weight is 355 g/mol. The van der Waals surface area contributed by atoms with Crippen LogP contribution >= 0.6 is 0 Å². The molecular formula is C15H17NO7S. The number of hydrogen-bond donors (Lipinski definition) is 1. The number of sulfonamides is 1. The van der Waals surface area contributed by atoms with E-state index in [9.17, 15) is 22.8 Å². The molecule has 1 aromatic rings. The Labute approximate surface area is 139 Å². The van der Waals surface area contributed by atoms with Gasteiger partial charge in [0.05, 0.1) is 10.8 Å². The number of carboxylic acids is 1. The lowest BCUT2D eigenvalue weighted by Crippen LogP contribution is -2.66. The third kappa shape index (κ3) is 3.12. The average Bonchev–Trinajstić information content (AvgIpc) is 2.50. The number of nitrogens with zero attached hydrogens (tertiary/aromatic N) is 1. The van der Waals surface area contributed by atoms with E-state index in [1.165, 1.54) is 12.1 Å². The minimum absolute atomic E-state index is 0.118. The molecule has 8 nitrogen and oxygen atoms in total. The van der Waals surface area contributed by atoms with Gasteiger partial charge in [-0.1, -0.05) is 24.6 Å². The van der Waals surface area contributed by atoms with Gasteiger partial charge in [0.25, 0.3) is 10.0 Å². The number of amides is 1. The first-order valence-electron chi connectivity index (χ1n) is 7.23. The van der Waals surface area contributed by atoms with Gasteiger partial charge in [-0.25, -0.2) is 22.3 Å². The summed E-state index contributed by atoms with van der Waals surface area (Å²) in [5.74, 6) is -3.95. The molecule has 1 amide bonds. The molecule has 24 heavy (non-hydrogen) atoms. The monoisotopic (exact) mass is 355 g/mol. The van der Waals surface area contributed by atoms with Crippen molar-refractivity contribution in [2.24, 2.45) is 5.92 Å². The van der Waals surface area contributed by atoms with Crippen LogP contribution in [0.3, 0.4) is 0 Å². The number of carbonyl (C=O) groups is 3. The number of carboxylic acid groups (broad SMARTS) is 1. The molecule has 130 valence electrons. The highest BCUT2D eigenvalue weighted by molar-refractivity contribution is 7.89. The number of aliphatic carboxylic acids is 1. The lowest BCUT2D eigenvalue weighted by molar-refractivity contribution is -0.169. The van der Waals surface area contributed by atoms with Crippen LogP contribution in [-0.4, -0.2) is 48.3 Å². The van der Waals surface area contributed by atoms with E-state index in [2.05, 4.69) is 4.74 Å². The van der Waals surface area contributed by atoms with Crippen molar-refractivity contribution in [3.63, 3.8) is 0 Å². The topological polar surface area (TPSA) is 118 Å². The number of hydrogen-bond acceptors (Lipinski definition) is 6. The van der Waals surface area contributed by atoms with Gasteiger partial charge < -0.3 is 9.84 Å². The van der Waals surface area contributed by atoms with E-state index >= 15 is 0 Å². The van der Waals surface area contributed by atoms with Crippen molar-refractivity contribution in [3.05, 3.63) is 29.8 Å². The van der Waals surface area contributed by atoms with Crippen molar-refractivity contribution in [3.8, 4) is 0 Å². The third-order valence-electron chi connectivity index (χ3n) is 3.77. The summed E-state index contributed by atoms with van der Waals surface area (Å²) < 4.78 is 30.3. The number of aryl methyl sites for hydroxylation is 1. The van der Waals surface area contributed by atoms with Gasteiger partial charge in [0.1, 0.15) is 0 Å². The van der Waals surface area contributed by atoms with Crippen molar-refractivity contribution < 1.29 is 32.6 Å². The van der Waals surface area contributed by atoms with Crippen LogP contribution in [0.2, 0.25) is 0 Å². The molecule has 2 unspecified atom stereocenters. The van der Waals surface area contributed by atoms with Crippen molar-refractivity contribution in [2.45, 2.75) is 31.2 Å². The molecule has 0 bridgehead atoms. The van der Waals surface area contributed by atoms with E-state index in [-0.39, 0.29) is 11.3 Å². The second kappa shape index (κ2) is 6.60. The van der Waals surface area contributed by atoms with Gasteiger partial charge in [-0.15, -0.1) is 0 Å². The molecule has 1 saturated heterocycles. The number of esters is 1. The molecule has 0 aromatic heterocycles. The second-order valence-corrected chi connectivity index (χ2v) is 7.23. The Morgan fingerprint density at radius 2 is 1.83 bits per heavy atom. The highest BCUT2D eigenvalue weighted by Crippen LogP contribution is 2.35. The Morgan fingerprint density at radius 1 is 1.25 bits per heavy atom. The third-order valence-corrected chi connectivity index (χ3v) is 5.56. The minimum Gasteiger partial charge on any atom is -0.479 e. The zero-order valence-electron chi connectivity index (χ0n) is 13.1. The van der Waals surface area contributed by atoms with Crippen LogP contribution in [-0.2, 0) is 29.1 Å². The fraction of sp³-hybridized carbons (Fsp3) is 0.400. The number of benzene rings is 1. The maximum atomic E-state index is 12.6. The van der Waals surface area contributed by atoms with Crippen LogP contribution < -0.4 is 0 Å². The van der Waals surface area contributed by atoms with Gasteiger partial charge in [-0.3, -0.25) is 4.79 Å². The largest absolute Gasteiger partial charge is 0.479 e. The summed E-state index contributed by atoms with van der Waals surface area (Å²) in [4.78, 5) is 34.6. The molecule has 9 heteroatoms. The number of carbonyl (C=O) groups excluding carboxylic acids is 2. The smallest absolute Gasteiger partial charge is 0.341 e. The predicted octanol–water partition coefficient (Wildman–Crippen LogP) is 0.549. The Bertz CT molecular complexity index is 770. The molecule has 0 aliphatic carbocycles. The molecule has 1 heterocycles. The van der Waals surface area contributed by atoms with Crippen LogP contribution in [0.1, 0.15) is 18.9 Å². The molecule has 0 saturated carbocycles.